The highest BCUT2D eigenvalue weighted by atomic mass is 16.2. The number of hydrogen-bond donors (Lipinski definition) is 2. The van der Waals surface area contributed by atoms with E-state index in [1.807, 2.05) is 24.3 Å². The van der Waals surface area contributed by atoms with E-state index in [9.17, 15) is 9.59 Å². The van der Waals surface area contributed by atoms with Crippen molar-refractivity contribution in [2.75, 3.05) is 11.9 Å². The Hall–Kier alpha value is -2.04. The first kappa shape index (κ1) is 16.4. The molecule has 1 aromatic carbocycles. The Balaban J connectivity index is 1.43. The second-order valence-electron chi connectivity index (χ2n) is 7.83. The van der Waals surface area contributed by atoms with Crippen LogP contribution in [0.3, 0.4) is 0 Å². The average molecular weight is 341 g/mol. The summed E-state index contributed by atoms with van der Waals surface area (Å²) < 4.78 is 0. The number of hydrogen-bond acceptors (Lipinski definition) is 2. The van der Waals surface area contributed by atoms with Gasteiger partial charge in [0.2, 0.25) is 5.91 Å². The van der Waals surface area contributed by atoms with Crippen LogP contribution in [0.4, 0.5) is 10.5 Å². The lowest BCUT2D eigenvalue weighted by Crippen LogP contribution is -2.48. The Morgan fingerprint density at radius 1 is 1.28 bits per heavy atom. The predicted molar refractivity (Wildman–Crippen MR) is 97.5 cm³/mol. The van der Waals surface area contributed by atoms with Crippen molar-refractivity contribution >= 4 is 17.6 Å². The van der Waals surface area contributed by atoms with E-state index < -0.39 is 0 Å². The van der Waals surface area contributed by atoms with Gasteiger partial charge in [-0.05, 0) is 43.7 Å². The van der Waals surface area contributed by atoms with Crippen LogP contribution in [0.5, 0.6) is 0 Å². The highest BCUT2D eigenvalue weighted by molar-refractivity contribution is 5.94. The van der Waals surface area contributed by atoms with Crippen molar-refractivity contribution in [1.82, 2.24) is 10.2 Å². The molecule has 134 valence electrons. The van der Waals surface area contributed by atoms with E-state index >= 15 is 0 Å². The second-order valence-corrected chi connectivity index (χ2v) is 7.83. The molecule has 0 bridgehead atoms. The SMILES string of the molecule is C[C@@H]1C[C@@H]2CCCC[C@@H]2N1C(=O)NC[C@H]1CC(=O)Nc2ccccc21. The molecule has 3 aliphatic rings. The summed E-state index contributed by atoms with van der Waals surface area (Å²) in [6.07, 6.45) is 6.49. The summed E-state index contributed by atoms with van der Waals surface area (Å²) in [5, 5.41) is 6.04. The van der Waals surface area contributed by atoms with E-state index in [1.54, 1.807) is 0 Å². The van der Waals surface area contributed by atoms with Crippen molar-refractivity contribution in [2.45, 2.75) is 63.5 Å². The Morgan fingerprint density at radius 2 is 2.08 bits per heavy atom. The quantitative estimate of drug-likeness (QED) is 0.865. The summed E-state index contributed by atoms with van der Waals surface area (Å²) in [7, 11) is 0. The molecule has 0 unspecified atom stereocenters. The zero-order valence-electron chi connectivity index (χ0n) is 14.8. The Kier molecular flexibility index (Phi) is 4.40. The maximum absolute atomic E-state index is 12.9. The standard InChI is InChI=1S/C20H27N3O2/c1-13-10-14-6-2-5-9-18(14)23(13)20(25)21-12-15-11-19(24)22-17-8-4-3-7-16(15)17/h3-4,7-8,13-15,18H,2,5-6,9-12H2,1H3,(H,21,25)(H,22,24)/t13-,14+,15-,18+/m1/s1. The van der Waals surface area contributed by atoms with Crippen LogP contribution < -0.4 is 10.6 Å². The smallest absolute Gasteiger partial charge is 0.317 e. The number of nitrogens with zero attached hydrogens (tertiary/aromatic N) is 1. The van der Waals surface area contributed by atoms with Gasteiger partial charge in [0.05, 0.1) is 0 Å². The Morgan fingerprint density at radius 3 is 2.96 bits per heavy atom. The summed E-state index contributed by atoms with van der Waals surface area (Å²) in [6.45, 7) is 2.69. The number of likely N-dealkylation sites (tertiary alicyclic amines) is 1. The molecule has 2 heterocycles. The number of rotatable bonds is 2. The predicted octanol–water partition coefficient (Wildman–Crippen LogP) is 3.48. The topological polar surface area (TPSA) is 61.4 Å². The molecule has 0 spiro atoms. The zero-order valence-corrected chi connectivity index (χ0v) is 14.8. The number of carbonyl (C=O) groups is 2. The number of urea groups is 1. The molecule has 4 atom stereocenters. The van der Waals surface area contributed by atoms with Gasteiger partial charge in [-0.3, -0.25) is 4.79 Å². The van der Waals surface area contributed by atoms with Gasteiger partial charge >= 0.3 is 6.03 Å². The minimum Gasteiger partial charge on any atom is -0.337 e. The van der Waals surface area contributed by atoms with E-state index in [0.717, 1.165) is 24.1 Å². The second kappa shape index (κ2) is 6.70. The first-order valence-corrected chi connectivity index (χ1v) is 9.58. The monoisotopic (exact) mass is 341 g/mol. The summed E-state index contributed by atoms with van der Waals surface area (Å²) in [5.74, 6) is 0.754. The summed E-state index contributed by atoms with van der Waals surface area (Å²) in [4.78, 5) is 26.9. The molecule has 2 N–H and O–H groups in total. The maximum Gasteiger partial charge on any atom is 0.317 e. The molecule has 2 fully saturated rings. The number of nitrogens with one attached hydrogen (secondary N) is 2. The highest BCUT2D eigenvalue weighted by Gasteiger charge is 2.42. The van der Waals surface area contributed by atoms with Crippen LogP contribution in [-0.2, 0) is 4.79 Å². The minimum absolute atomic E-state index is 0.0276. The van der Waals surface area contributed by atoms with Crippen molar-refractivity contribution in [1.29, 1.82) is 0 Å². The Labute approximate surface area is 149 Å². The van der Waals surface area contributed by atoms with E-state index in [-0.39, 0.29) is 17.9 Å². The van der Waals surface area contributed by atoms with Gasteiger partial charge in [-0.25, -0.2) is 4.79 Å². The van der Waals surface area contributed by atoms with Crippen molar-refractivity contribution in [3.05, 3.63) is 29.8 Å². The number of carbonyl (C=O) groups excluding carboxylic acids is 2. The first-order valence-electron chi connectivity index (χ1n) is 9.58. The van der Waals surface area contributed by atoms with Gasteiger partial charge in [-0.2, -0.15) is 0 Å². The molecule has 1 saturated heterocycles. The third kappa shape index (κ3) is 3.12. The molecule has 5 heteroatoms. The van der Waals surface area contributed by atoms with Crippen LogP contribution >= 0.6 is 0 Å². The zero-order chi connectivity index (χ0) is 17.4. The fourth-order valence-corrected chi connectivity index (χ4v) is 5.04. The summed E-state index contributed by atoms with van der Waals surface area (Å²) >= 11 is 0. The van der Waals surface area contributed by atoms with E-state index in [1.165, 1.54) is 19.3 Å². The van der Waals surface area contributed by atoms with Crippen molar-refractivity contribution < 1.29 is 9.59 Å². The van der Waals surface area contributed by atoms with Crippen LogP contribution in [0, 0.1) is 5.92 Å². The minimum atomic E-state index is 0.0276. The molecule has 0 radical (unpaired) electrons. The molecule has 1 aliphatic carbocycles. The van der Waals surface area contributed by atoms with Crippen LogP contribution in [0.1, 0.15) is 56.9 Å². The van der Waals surface area contributed by atoms with Crippen molar-refractivity contribution in [3.8, 4) is 0 Å². The van der Waals surface area contributed by atoms with Crippen LogP contribution in [0.25, 0.3) is 0 Å². The first-order chi connectivity index (χ1) is 12.1. The highest BCUT2D eigenvalue weighted by Crippen LogP contribution is 2.39. The van der Waals surface area contributed by atoms with Gasteiger partial charge in [-0.1, -0.05) is 31.0 Å². The van der Waals surface area contributed by atoms with Crippen LogP contribution in [0.2, 0.25) is 0 Å². The Bertz CT molecular complexity index is 675. The number of fused-ring (bicyclic) bond motifs is 2. The van der Waals surface area contributed by atoms with E-state index in [2.05, 4.69) is 22.5 Å². The molecular formula is C20H27N3O2. The van der Waals surface area contributed by atoms with E-state index in [0.29, 0.717) is 31.0 Å². The third-order valence-corrected chi connectivity index (χ3v) is 6.19. The number of benzene rings is 1. The van der Waals surface area contributed by atoms with Crippen molar-refractivity contribution in [2.24, 2.45) is 5.92 Å². The molecule has 5 nitrogen and oxygen atoms in total. The van der Waals surface area contributed by atoms with Crippen LogP contribution in [0.15, 0.2) is 24.3 Å². The van der Waals surface area contributed by atoms with E-state index in [4.69, 9.17) is 0 Å². The van der Waals surface area contributed by atoms with Gasteiger partial charge in [0.15, 0.2) is 0 Å². The van der Waals surface area contributed by atoms with Gasteiger partial charge in [0.1, 0.15) is 0 Å². The fraction of sp³-hybridized carbons (Fsp3) is 0.600. The lowest BCUT2D eigenvalue weighted by molar-refractivity contribution is -0.116. The van der Waals surface area contributed by atoms with Gasteiger partial charge in [0.25, 0.3) is 0 Å². The van der Waals surface area contributed by atoms with Gasteiger partial charge in [0, 0.05) is 36.7 Å². The van der Waals surface area contributed by atoms with Gasteiger partial charge in [-0.15, -0.1) is 0 Å². The molecule has 0 aromatic heterocycles. The lowest BCUT2D eigenvalue weighted by atomic mass is 9.85. The van der Waals surface area contributed by atoms with Gasteiger partial charge < -0.3 is 15.5 Å². The number of anilines is 1. The lowest BCUT2D eigenvalue weighted by Gasteiger charge is -2.34. The fourth-order valence-electron chi connectivity index (χ4n) is 5.04. The third-order valence-electron chi connectivity index (χ3n) is 6.19. The molecular weight excluding hydrogens is 314 g/mol. The normalized spacial score (nSPS) is 31.1. The maximum atomic E-state index is 12.9. The van der Waals surface area contributed by atoms with Crippen molar-refractivity contribution in [3.63, 3.8) is 0 Å². The number of para-hydroxylation sites is 1. The summed E-state index contributed by atoms with van der Waals surface area (Å²) in [6, 6.07) is 8.65. The average Bonchev–Trinajstić information content (AvgIpc) is 2.95. The molecule has 1 saturated carbocycles. The molecule has 1 aromatic rings. The summed E-state index contributed by atoms with van der Waals surface area (Å²) in [5.41, 5.74) is 1.99. The largest absolute Gasteiger partial charge is 0.337 e. The van der Waals surface area contributed by atoms with Crippen LogP contribution in [-0.4, -0.2) is 35.5 Å². The number of amides is 3. The molecule has 2 aliphatic heterocycles. The molecule has 4 rings (SSSR count). The molecule has 3 amide bonds. The molecule has 25 heavy (non-hydrogen) atoms.